The molecule has 2 aromatic rings. The summed E-state index contributed by atoms with van der Waals surface area (Å²) in [5.74, 6) is -2.23. The van der Waals surface area contributed by atoms with Crippen LogP contribution in [-0.4, -0.2) is 67.1 Å². The molecule has 0 radical (unpaired) electrons. The van der Waals surface area contributed by atoms with Crippen LogP contribution < -0.4 is 5.32 Å². The molecule has 0 unspecified atom stereocenters. The Balaban J connectivity index is 2.19. The molecule has 9 heteroatoms. The average molecular weight is 583 g/mol. The van der Waals surface area contributed by atoms with Gasteiger partial charge >= 0.3 is 17.9 Å². The lowest BCUT2D eigenvalue weighted by atomic mass is 10.0. The third-order valence-corrected chi connectivity index (χ3v) is 6.77. The molecule has 0 aliphatic carbocycles. The molecule has 0 aromatic heterocycles. The van der Waals surface area contributed by atoms with Crippen molar-refractivity contribution in [2.45, 2.75) is 84.8 Å². The first-order chi connectivity index (χ1) is 19.9. The quantitative estimate of drug-likeness (QED) is 0.230. The lowest BCUT2D eigenvalue weighted by Crippen LogP contribution is -2.50. The average Bonchev–Trinajstić information content (AvgIpc) is 2.96. The number of ether oxygens (including phenoxy) is 3. The second-order valence-corrected chi connectivity index (χ2v) is 11.4. The molecule has 0 bridgehead atoms. The summed E-state index contributed by atoms with van der Waals surface area (Å²) in [7, 11) is 3.14. The number of benzene rings is 2. The fraction of sp³-hybridized carbons (Fsp3) is 0.515. The number of nitrogens with one attached hydrogen (secondary N) is 1. The van der Waals surface area contributed by atoms with E-state index in [-0.39, 0.29) is 31.3 Å². The van der Waals surface area contributed by atoms with Gasteiger partial charge in [-0.05, 0) is 49.8 Å². The van der Waals surface area contributed by atoms with Gasteiger partial charge in [0.1, 0.15) is 18.7 Å². The lowest BCUT2D eigenvalue weighted by Gasteiger charge is -2.31. The summed E-state index contributed by atoms with van der Waals surface area (Å²) in [6, 6.07) is 16.8. The van der Waals surface area contributed by atoms with Gasteiger partial charge in [-0.3, -0.25) is 9.59 Å². The van der Waals surface area contributed by atoms with Gasteiger partial charge in [0.15, 0.2) is 6.10 Å². The zero-order valence-electron chi connectivity index (χ0n) is 25.9. The molecular formula is C33H46N2O7. The normalized spacial score (nSPS) is 14.0. The highest BCUT2D eigenvalue weighted by Crippen LogP contribution is 2.18. The Morgan fingerprint density at radius 1 is 0.738 bits per heavy atom. The summed E-state index contributed by atoms with van der Waals surface area (Å²) in [6.45, 7) is 9.33. The van der Waals surface area contributed by atoms with E-state index in [1.54, 1.807) is 7.05 Å². The minimum absolute atomic E-state index is 0.0213. The number of esters is 3. The van der Waals surface area contributed by atoms with Crippen LogP contribution in [-0.2, 0) is 46.4 Å². The fourth-order valence-corrected chi connectivity index (χ4v) is 4.45. The van der Waals surface area contributed by atoms with Gasteiger partial charge in [-0.1, -0.05) is 88.4 Å². The number of amides is 1. The first kappa shape index (κ1) is 34.5. The molecule has 1 amide bonds. The molecule has 1 N–H and O–H groups in total. The number of carbonyl (C=O) groups is 4. The van der Waals surface area contributed by atoms with Crippen LogP contribution in [0.1, 0.15) is 58.6 Å². The molecule has 2 aromatic carbocycles. The maximum absolute atomic E-state index is 13.6. The number of rotatable bonds is 16. The van der Waals surface area contributed by atoms with Crippen LogP contribution in [0.2, 0.25) is 0 Å². The predicted molar refractivity (Wildman–Crippen MR) is 160 cm³/mol. The minimum atomic E-state index is -1.22. The highest BCUT2D eigenvalue weighted by atomic mass is 16.6. The lowest BCUT2D eigenvalue weighted by molar-refractivity contribution is -0.174. The van der Waals surface area contributed by atoms with E-state index in [1.165, 1.54) is 18.9 Å². The summed E-state index contributed by atoms with van der Waals surface area (Å²) in [5, 5.41) is 2.93. The number of likely N-dealkylation sites (N-methyl/N-ethyl adjacent to an activating group) is 2. The highest BCUT2D eigenvalue weighted by Gasteiger charge is 2.36. The molecule has 0 heterocycles. The van der Waals surface area contributed by atoms with Crippen LogP contribution in [0, 0.1) is 11.8 Å². The maximum atomic E-state index is 13.6. The topological polar surface area (TPSA) is 111 Å². The zero-order valence-corrected chi connectivity index (χ0v) is 25.9. The maximum Gasteiger partial charge on any atom is 0.348 e. The van der Waals surface area contributed by atoms with E-state index in [0.717, 1.165) is 11.1 Å². The SMILES string of the molecule is CN[C@@H](CC(C)C)C(=O)O[C@H](C)C(=O)N(C)[C@@H](CC(C)C)C(=O)O[C@H](Cc1ccccc1)C(=O)OCc1ccccc1. The van der Waals surface area contributed by atoms with Gasteiger partial charge in [0, 0.05) is 13.5 Å². The van der Waals surface area contributed by atoms with Crippen LogP contribution in [0.15, 0.2) is 60.7 Å². The smallest absolute Gasteiger partial charge is 0.348 e. The van der Waals surface area contributed by atoms with Crippen LogP contribution in [0.3, 0.4) is 0 Å². The van der Waals surface area contributed by atoms with Crippen molar-refractivity contribution in [3.05, 3.63) is 71.8 Å². The van der Waals surface area contributed by atoms with Gasteiger partial charge in [-0.2, -0.15) is 0 Å². The van der Waals surface area contributed by atoms with Crippen LogP contribution in [0.5, 0.6) is 0 Å². The van der Waals surface area contributed by atoms with Gasteiger partial charge < -0.3 is 24.4 Å². The second kappa shape index (κ2) is 17.3. The summed E-state index contributed by atoms with van der Waals surface area (Å²) in [6.07, 6.45) is -1.39. The van der Waals surface area contributed by atoms with Gasteiger partial charge in [-0.25, -0.2) is 9.59 Å². The molecule has 9 nitrogen and oxygen atoms in total. The first-order valence-electron chi connectivity index (χ1n) is 14.5. The van der Waals surface area contributed by atoms with Crippen molar-refractivity contribution in [2.24, 2.45) is 11.8 Å². The van der Waals surface area contributed by atoms with Gasteiger partial charge in [0.2, 0.25) is 6.10 Å². The van der Waals surface area contributed by atoms with E-state index in [0.29, 0.717) is 6.42 Å². The summed E-state index contributed by atoms with van der Waals surface area (Å²) in [4.78, 5) is 54.0. The van der Waals surface area contributed by atoms with E-state index in [4.69, 9.17) is 14.2 Å². The molecule has 230 valence electrons. The van der Waals surface area contributed by atoms with E-state index < -0.39 is 48.1 Å². The second-order valence-electron chi connectivity index (χ2n) is 11.4. The van der Waals surface area contributed by atoms with Crippen molar-refractivity contribution in [3.8, 4) is 0 Å². The Morgan fingerprint density at radius 2 is 1.29 bits per heavy atom. The molecule has 0 saturated carbocycles. The van der Waals surface area contributed by atoms with Crippen LogP contribution in [0.25, 0.3) is 0 Å². The van der Waals surface area contributed by atoms with Crippen LogP contribution in [0.4, 0.5) is 0 Å². The Kier molecular flexibility index (Phi) is 14.2. The van der Waals surface area contributed by atoms with Crippen molar-refractivity contribution in [3.63, 3.8) is 0 Å². The molecule has 2 rings (SSSR count). The molecule has 0 saturated heterocycles. The van der Waals surface area contributed by atoms with E-state index in [2.05, 4.69) is 5.32 Å². The summed E-state index contributed by atoms with van der Waals surface area (Å²) in [5.41, 5.74) is 1.59. The largest absolute Gasteiger partial charge is 0.458 e. The van der Waals surface area contributed by atoms with Gasteiger partial charge in [-0.15, -0.1) is 0 Å². The molecule has 42 heavy (non-hydrogen) atoms. The minimum Gasteiger partial charge on any atom is -0.458 e. The third kappa shape index (κ3) is 11.3. The Bertz CT molecular complexity index is 1140. The van der Waals surface area contributed by atoms with E-state index in [9.17, 15) is 19.2 Å². The van der Waals surface area contributed by atoms with Crippen molar-refractivity contribution >= 4 is 23.8 Å². The van der Waals surface area contributed by atoms with Crippen molar-refractivity contribution in [1.82, 2.24) is 10.2 Å². The van der Waals surface area contributed by atoms with E-state index >= 15 is 0 Å². The van der Waals surface area contributed by atoms with Crippen molar-refractivity contribution in [1.29, 1.82) is 0 Å². The Morgan fingerprint density at radius 3 is 1.81 bits per heavy atom. The molecule has 0 spiro atoms. The van der Waals surface area contributed by atoms with Gasteiger partial charge in [0.25, 0.3) is 5.91 Å². The van der Waals surface area contributed by atoms with Crippen molar-refractivity contribution < 1.29 is 33.4 Å². The molecule has 0 aliphatic rings. The number of hydrogen-bond donors (Lipinski definition) is 1. The third-order valence-electron chi connectivity index (χ3n) is 6.77. The van der Waals surface area contributed by atoms with E-state index in [1.807, 2.05) is 88.4 Å². The molecule has 0 fully saturated rings. The highest BCUT2D eigenvalue weighted by molar-refractivity contribution is 5.89. The zero-order chi connectivity index (χ0) is 31.2. The molecular weight excluding hydrogens is 536 g/mol. The number of carbonyl (C=O) groups excluding carboxylic acids is 4. The fourth-order valence-electron chi connectivity index (χ4n) is 4.45. The standard InChI is InChI=1S/C33H46N2O7/c1-22(2)18-27(34-6)31(37)41-24(5)30(36)35(7)28(19-23(3)4)32(38)42-29(20-25-14-10-8-11-15-25)33(39)40-21-26-16-12-9-13-17-26/h8-17,22-24,27-29,34H,18-21H2,1-7H3/t24-,27+,28+,29-/m1/s1. The Hall–Kier alpha value is -3.72. The number of hydrogen-bond acceptors (Lipinski definition) is 8. The molecule has 4 atom stereocenters. The summed E-state index contributed by atoms with van der Waals surface area (Å²) < 4.78 is 16.8. The monoisotopic (exact) mass is 582 g/mol. The first-order valence-corrected chi connectivity index (χ1v) is 14.5. The molecule has 0 aliphatic heterocycles. The van der Waals surface area contributed by atoms with Gasteiger partial charge in [0.05, 0.1) is 0 Å². The van der Waals surface area contributed by atoms with Crippen molar-refractivity contribution in [2.75, 3.05) is 14.1 Å². The van der Waals surface area contributed by atoms with Crippen LogP contribution >= 0.6 is 0 Å². The summed E-state index contributed by atoms with van der Waals surface area (Å²) >= 11 is 0. The number of nitrogens with zero attached hydrogens (tertiary/aromatic N) is 1. The predicted octanol–water partition coefficient (Wildman–Crippen LogP) is 4.32. The Labute approximate surface area is 249 Å².